The van der Waals surface area contributed by atoms with Crippen LogP contribution in [0.3, 0.4) is 0 Å². The van der Waals surface area contributed by atoms with Gasteiger partial charge in [0.1, 0.15) is 0 Å². The van der Waals surface area contributed by atoms with E-state index in [0.717, 1.165) is 11.8 Å². The zero-order valence-corrected chi connectivity index (χ0v) is 16.2. The molecule has 0 fully saturated rings. The number of ether oxygens (including phenoxy) is 1. The highest BCUT2D eigenvalue weighted by atomic mass is 35.5. The first-order chi connectivity index (χ1) is 13.7. The second-order valence-corrected chi connectivity index (χ2v) is 6.81. The third-order valence-corrected chi connectivity index (χ3v) is 4.34. The lowest BCUT2D eigenvalue weighted by atomic mass is 10.1. The van der Waals surface area contributed by atoms with E-state index in [1.807, 2.05) is 6.07 Å². The van der Waals surface area contributed by atoms with Crippen molar-refractivity contribution in [1.82, 2.24) is 15.1 Å². The van der Waals surface area contributed by atoms with Gasteiger partial charge in [0.15, 0.2) is 11.4 Å². The summed E-state index contributed by atoms with van der Waals surface area (Å²) in [5.41, 5.74) is -0.216. The van der Waals surface area contributed by atoms with Gasteiger partial charge in [0.05, 0.1) is 11.9 Å². The number of carbonyl (C=O) groups excluding carboxylic acids is 1. The molecule has 0 bridgehead atoms. The van der Waals surface area contributed by atoms with Crippen molar-refractivity contribution in [2.75, 3.05) is 6.54 Å². The molecule has 10 heteroatoms. The lowest BCUT2D eigenvalue weighted by molar-refractivity contribution is -0.143. The quantitative estimate of drug-likeness (QED) is 0.563. The summed E-state index contributed by atoms with van der Waals surface area (Å²) in [4.78, 5) is 12.0. The number of hydrogen-bond donors (Lipinski definition) is 1. The third kappa shape index (κ3) is 5.42. The highest BCUT2D eigenvalue weighted by molar-refractivity contribution is 6.30. The summed E-state index contributed by atoms with van der Waals surface area (Å²) < 4.78 is 46.2. The van der Waals surface area contributed by atoms with Crippen molar-refractivity contribution in [3.63, 3.8) is 0 Å². The maximum atomic E-state index is 13.6. The minimum absolute atomic E-state index is 0.123. The van der Waals surface area contributed by atoms with Crippen LogP contribution in [-0.2, 0) is 12.6 Å². The Labute approximate surface area is 174 Å². The highest BCUT2D eigenvalue weighted by Gasteiger charge is 2.40. The molecule has 152 valence electrons. The molecule has 29 heavy (non-hydrogen) atoms. The Morgan fingerprint density at radius 2 is 1.83 bits per heavy atom. The van der Waals surface area contributed by atoms with Crippen LogP contribution in [0.4, 0.5) is 18.0 Å². The maximum absolute atomic E-state index is 13.6. The third-order valence-electron chi connectivity index (χ3n) is 3.85. The molecule has 0 atom stereocenters. The van der Waals surface area contributed by atoms with E-state index in [0.29, 0.717) is 21.1 Å². The summed E-state index contributed by atoms with van der Waals surface area (Å²) >= 11 is 11.6. The van der Waals surface area contributed by atoms with Gasteiger partial charge in [-0.05, 0) is 48.4 Å². The number of nitrogens with one attached hydrogen (secondary N) is 1. The van der Waals surface area contributed by atoms with E-state index in [4.69, 9.17) is 27.9 Å². The van der Waals surface area contributed by atoms with Gasteiger partial charge >= 0.3 is 12.3 Å². The molecule has 5 nitrogen and oxygen atoms in total. The number of alkyl halides is 3. The van der Waals surface area contributed by atoms with E-state index in [1.54, 1.807) is 18.2 Å². The largest absolute Gasteiger partial charge is 0.437 e. The highest BCUT2D eigenvalue weighted by Crippen LogP contribution is 2.37. The molecule has 0 aliphatic rings. The molecule has 0 spiro atoms. The van der Waals surface area contributed by atoms with Crippen molar-refractivity contribution in [3.8, 4) is 11.4 Å². The molecule has 0 unspecified atom stereocenters. The molecule has 1 amide bonds. The average Bonchev–Trinajstić information content (AvgIpc) is 3.06. The van der Waals surface area contributed by atoms with Gasteiger partial charge in [-0.15, -0.1) is 0 Å². The standard InChI is InChI=1S/C19H14Cl2F3N3O2/c20-13-4-6-15(7-5-13)27-17(19(22,23)24)16(11-26-27)29-18(28)25-9-8-12-2-1-3-14(21)10-12/h1-7,10-11H,8-9H2,(H,25,28). The van der Waals surface area contributed by atoms with Crippen molar-refractivity contribution in [2.24, 2.45) is 0 Å². The zero-order valence-electron chi connectivity index (χ0n) is 14.7. The second kappa shape index (κ2) is 8.75. The molecule has 0 radical (unpaired) electrons. The van der Waals surface area contributed by atoms with Crippen molar-refractivity contribution in [1.29, 1.82) is 0 Å². The topological polar surface area (TPSA) is 56.1 Å². The van der Waals surface area contributed by atoms with Crippen molar-refractivity contribution in [2.45, 2.75) is 12.6 Å². The Morgan fingerprint density at radius 1 is 1.10 bits per heavy atom. The number of amides is 1. The van der Waals surface area contributed by atoms with Gasteiger partial charge in [-0.1, -0.05) is 35.3 Å². The minimum atomic E-state index is -4.80. The molecule has 0 saturated carbocycles. The van der Waals surface area contributed by atoms with Gasteiger partial charge < -0.3 is 10.1 Å². The molecule has 2 aromatic carbocycles. The summed E-state index contributed by atoms with van der Waals surface area (Å²) in [6.07, 6.45) is -4.54. The average molecular weight is 444 g/mol. The monoisotopic (exact) mass is 443 g/mol. The number of rotatable bonds is 5. The molecule has 1 aromatic heterocycles. The van der Waals surface area contributed by atoms with Crippen LogP contribution in [0.5, 0.6) is 5.75 Å². The molecular formula is C19H14Cl2F3N3O2. The molecule has 3 rings (SSSR count). The number of carbonyl (C=O) groups is 1. The first-order valence-electron chi connectivity index (χ1n) is 8.35. The van der Waals surface area contributed by atoms with Gasteiger partial charge in [-0.3, -0.25) is 0 Å². The van der Waals surface area contributed by atoms with Crippen LogP contribution in [0, 0.1) is 0 Å². The van der Waals surface area contributed by atoms with Gasteiger partial charge in [0.25, 0.3) is 0 Å². The Kier molecular flexibility index (Phi) is 6.34. The number of hydrogen-bond acceptors (Lipinski definition) is 3. The molecule has 0 aliphatic heterocycles. The minimum Gasteiger partial charge on any atom is -0.406 e. The second-order valence-electron chi connectivity index (χ2n) is 5.94. The molecule has 1 heterocycles. The fourth-order valence-corrected chi connectivity index (χ4v) is 2.92. The number of benzene rings is 2. The fourth-order valence-electron chi connectivity index (χ4n) is 2.58. The van der Waals surface area contributed by atoms with Crippen molar-refractivity contribution in [3.05, 3.63) is 76.0 Å². The molecule has 0 saturated heterocycles. The van der Waals surface area contributed by atoms with Gasteiger partial charge in [-0.2, -0.15) is 18.3 Å². The summed E-state index contributed by atoms with van der Waals surface area (Å²) in [5, 5.41) is 7.03. The summed E-state index contributed by atoms with van der Waals surface area (Å²) in [6.45, 7) is 0.159. The summed E-state index contributed by atoms with van der Waals surface area (Å²) in [5.74, 6) is -0.701. The predicted octanol–water partition coefficient (Wildman–Crippen LogP) is 5.53. The van der Waals surface area contributed by atoms with Crippen LogP contribution >= 0.6 is 23.2 Å². The maximum Gasteiger partial charge on any atom is 0.437 e. The van der Waals surface area contributed by atoms with Gasteiger partial charge in [-0.25, -0.2) is 9.48 Å². The predicted molar refractivity (Wildman–Crippen MR) is 103 cm³/mol. The normalized spacial score (nSPS) is 11.3. The van der Waals surface area contributed by atoms with Crippen molar-refractivity contribution < 1.29 is 22.7 Å². The van der Waals surface area contributed by atoms with E-state index >= 15 is 0 Å². The van der Waals surface area contributed by atoms with E-state index in [-0.39, 0.29) is 12.2 Å². The van der Waals surface area contributed by atoms with Crippen LogP contribution in [0.15, 0.2) is 54.7 Å². The fraction of sp³-hybridized carbons (Fsp3) is 0.158. The number of aromatic nitrogens is 2. The van der Waals surface area contributed by atoms with E-state index in [2.05, 4.69) is 10.4 Å². The Bertz CT molecular complexity index is 1000. The lowest BCUT2D eigenvalue weighted by Gasteiger charge is -2.13. The van der Waals surface area contributed by atoms with Crippen LogP contribution in [0.2, 0.25) is 10.0 Å². The van der Waals surface area contributed by atoms with Crippen LogP contribution in [0.1, 0.15) is 11.3 Å². The summed E-state index contributed by atoms with van der Waals surface area (Å²) in [6, 6.07) is 12.6. The SMILES string of the molecule is O=C(NCCc1cccc(Cl)c1)Oc1cnn(-c2ccc(Cl)cc2)c1C(F)(F)F. The molecule has 1 N–H and O–H groups in total. The van der Waals surface area contributed by atoms with E-state index in [1.165, 1.54) is 24.3 Å². The Hall–Kier alpha value is -2.71. The van der Waals surface area contributed by atoms with Gasteiger partial charge in [0, 0.05) is 16.6 Å². The van der Waals surface area contributed by atoms with Crippen molar-refractivity contribution >= 4 is 29.3 Å². The van der Waals surface area contributed by atoms with Crippen LogP contribution in [0.25, 0.3) is 5.69 Å². The van der Waals surface area contributed by atoms with E-state index < -0.39 is 23.7 Å². The van der Waals surface area contributed by atoms with E-state index in [9.17, 15) is 18.0 Å². The first-order valence-corrected chi connectivity index (χ1v) is 9.11. The Morgan fingerprint density at radius 3 is 2.48 bits per heavy atom. The molecular weight excluding hydrogens is 430 g/mol. The zero-order chi connectivity index (χ0) is 21.0. The van der Waals surface area contributed by atoms with Gasteiger partial charge in [0.2, 0.25) is 0 Å². The molecule has 0 aliphatic carbocycles. The smallest absolute Gasteiger partial charge is 0.406 e. The first kappa shape index (κ1) is 21.0. The molecule has 3 aromatic rings. The number of halogens is 5. The lowest BCUT2D eigenvalue weighted by Crippen LogP contribution is -2.29. The van der Waals surface area contributed by atoms with Crippen LogP contribution < -0.4 is 10.1 Å². The number of nitrogens with zero attached hydrogens (tertiary/aromatic N) is 2. The summed E-state index contributed by atoms with van der Waals surface area (Å²) in [7, 11) is 0. The Balaban J connectivity index is 1.71. The van der Waals surface area contributed by atoms with Crippen LogP contribution in [-0.4, -0.2) is 22.4 Å².